The van der Waals surface area contributed by atoms with E-state index in [9.17, 15) is 9.90 Å². The van der Waals surface area contributed by atoms with Crippen LogP contribution in [0.5, 0.6) is 0 Å². The standard InChI is InChI=1S/C13H26N2O2/c1-5-14-13(12(16)17,11-6-7-11)9-15(4)8-10(2)3/h10-11,14H,5-9H2,1-4H3,(H,16,17). The maximum Gasteiger partial charge on any atom is 0.325 e. The number of rotatable bonds is 8. The van der Waals surface area contributed by atoms with Crippen molar-refractivity contribution in [1.29, 1.82) is 0 Å². The van der Waals surface area contributed by atoms with Gasteiger partial charge in [0.25, 0.3) is 0 Å². The van der Waals surface area contributed by atoms with Crippen molar-refractivity contribution >= 4 is 5.97 Å². The van der Waals surface area contributed by atoms with Crippen LogP contribution < -0.4 is 5.32 Å². The summed E-state index contributed by atoms with van der Waals surface area (Å²) in [5.74, 6) is 0.166. The maximum atomic E-state index is 11.6. The summed E-state index contributed by atoms with van der Waals surface area (Å²) >= 11 is 0. The van der Waals surface area contributed by atoms with Crippen LogP contribution in [0.3, 0.4) is 0 Å². The van der Waals surface area contributed by atoms with Gasteiger partial charge < -0.3 is 15.3 Å². The molecule has 4 nitrogen and oxygen atoms in total. The van der Waals surface area contributed by atoms with Gasteiger partial charge in [0.05, 0.1) is 0 Å². The van der Waals surface area contributed by atoms with E-state index in [1.807, 2.05) is 14.0 Å². The normalized spacial score (nSPS) is 19.6. The molecule has 0 aromatic rings. The van der Waals surface area contributed by atoms with Gasteiger partial charge in [0.15, 0.2) is 0 Å². The molecular formula is C13H26N2O2. The summed E-state index contributed by atoms with van der Waals surface area (Å²) in [7, 11) is 2.01. The van der Waals surface area contributed by atoms with Gasteiger partial charge >= 0.3 is 5.97 Å². The van der Waals surface area contributed by atoms with Crippen molar-refractivity contribution in [2.24, 2.45) is 11.8 Å². The Bertz CT molecular complexity index is 264. The minimum absolute atomic E-state index is 0.301. The van der Waals surface area contributed by atoms with Crippen molar-refractivity contribution in [3.8, 4) is 0 Å². The van der Waals surface area contributed by atoms with Crippen molar-refractivity contribution < 1.29 is 9.90 Å². The Kier molecular flexibility index (Phi) is 4.95. The van der Waals surface area contributed by atoms with Crippen molar-refractivity contribution in [1.82, 2.24) is 10.2 Å². The van der Waals surface area contributed by atoms with Crippen molar-refractivity contribution in [2.75, 3.05) is 26.7 Å². The molecule has 100 valence electrons. The lowest BCUT2D eigenvalue weighted by Gasteiger charge is -2.35. The van der Waals surface area contributed by atoms with Gasteiger partial charge in [-0.3, -0.25) is 4.79 Å². The van der Waals surface area contributed by atoms with Gasteiger partial charge in [-0.2, -0.15) is 0 Å². The first-order chi connectivity index (χ1) is 7.92. The minimum atomic E-state index is -0.738. The van der Waals surface area contributed by atoms with Crippen LogP contribution in [0.25, 0.3) is 0 Å². The topological polar surface area (TPSA) is 52.6 Å². The van der Waals surface area contributed by atoms with Gasteiger partial charge in [-0.05, 0) is 38.3 Å². The highest BCUT2D eigenvalue weighted by atomic mass is 16.4. The first kappa shape index (κ1) is 14.5. The smallest absolute Gasteiger partial charge is 0.325 e. The molecule has 0 aliphatic heterocycles. The lowest BCUT2D eigenvalue weighted by molar-refractivity contribution is -0.147. The fourth-order valence-corrected chi connectivity index (χ4v) is 2.65. The number of aliphatic carboxylic acids is 1. The largest absolute Gasteiger partial charge is 0.480 e. The number of carboxylic acids is 1. The fraction of sp³-hybridized carbons (Fsp3) is 0.923. The molecule has 0 bridgehead atoms. The van der Waals surface area contributed by atoms with E-state index in [1.165, 1.54) is 0 Å². The summed E-state index contributed by atoms with van der Waals surface area (Å²) < 4.78 is 0. The molecule has 0 spiro atoms. The second kappa shape index (κ2) is 5.83. The molecule has 1 aliphatic carbocycles. The zero-order chi connectivity index (χ0) is 13.1. The van der Waals surface area contributed by atoms with Crippen LogP contribution in [0, 0.1) is 11.8 Å². The molecule has 0 amide bonds. The third-order valence-corrected chi connectivity index (χ3v) is 3.34. The van der Waals surface area contributed by atoms with E-state index in [1.54, 1.807) is 0 Å². The number of carbonyl (C=O) groups is 1. The summed E-state index contributed by atoms with van der Waals surface area (Å²) in [4.78, 5) is 13.8. The fourth-order valence-electron chi connectivity index (χ4n) is 2.65. The molecule has 0 aromatic heterocycles. The van der Waals surface area contributed by atoms with E-state index in [2.05, 4.69) is 24.1 Å². The third-order valence-electron chi connectivity index (χ3n) is 3.34. The first-order valence-corrected chi connectivity index (χ1v) is 6.59. The van der Waals surface area contributed by atoms with E-state index in [4.69, 9.17) is 0 Å². The zero-order valence-electron chi connectivity index (χ0n) is 11.5. The summed E-state index contributed by atoms with van der Waals surface area (Å²) in [5.41, 5.74) is -0.738. The Balaban J connectivity index is 2.71. The van der Waals surface area contributed by atoms with Gasteiger partial charge in [-0.15, -0.1) is 0 Å². The Morgan fingerprint density at radius 1 is 1.53 bits per heavy atom. The number of nitrogens with zero attached hydrogens (tertiary/aromatic N) is 1. The highest BCUT2D eigenvalue weighted by Gasteiger charge is 2.51. The molecule has 0 aromatic carbocycles. The quantitative estimate of drug-likeness (QED) is 0.676. The molecule has 1 fully saturated rings. The summed E-state index contributed by atoms with van der Waals surface area (Å²) in [6, 6.07) is 0. The SMILES string of the molecule is CCNC(CN(C)CC(C)C)(C(=O)O)C1CC1. The van der Waals surface area contributed by atoms with Crippen LogP contribution in [0.2, 0.25) is 0 Å². The monoisotopic (exact) mass is 242 g/mol. The molecule has 1 saturated carbocycles. The average Bonchev–Trinajstić information content (AvgIpc) is 2.98. The predicted octanol–water partition coefficient (Wildman–Crippen LogP) is 1.42. The van der Waals surface area contributed by atoms with Gasteiger partial charge in [0.1, 0.15) is 5.54 Å². The molecule has 17 heavy (non-hydrogen) atoms. The summed E-state index contributed by atoms with van der Waals surface area (Å²) in [6.45, 7) is 8.53. The van der Waals surface area contributed by atoms with E-state index < -0.39 is 11.5 Å². The zero-order valence-corrected chi connectivity index (χ0v) is 11.5. The lowest BCUT2D eigenvalue weighted by atomic mass is 9.92. The highest BCUT2D eigenvalue weighted by molar-refractivity contribution is 5.80. The predicted molar refractivity (Wildman–Crippen MR) is 69.1 cm³/mol. The van der Waals surface area contributed by atoms with Crippen molar-refractivity contribution in [3.05, 3.63) is 0 Å². The van der Waals surface area contributed by atoms with E-state index in [-0.39, 0.29) is 0 Å². The first-order valence-electron chi connectivity index (χ1n) is 6.59. The Morgan fingerprint density at radius 3 is 2.47 bits per heavy atom. The molecule has 0 heterocycles. The Morgan fingerprint density at radius 2 is 2.12 bits per heavy atom. The molecular weight excluding hydrogens is 216 g/mol. The lowest BCUT2D eigenvalue weighted by Crippen LogP contribution is -2.60. The van der Waals surface area contributed by atoms with Crippen LogP contribution >= 0.6 is 0 Å². The molecule has 0 saturated heterocycles. The van der Waals surface area contributed by atoms with Gasteiger partial charge in [0, 0.05) is 13.1 Å². The van der Waals surface area contributed by atoms with Gasteiger partial charge in [0.2, 0.25) is 0 Å². The van der Waals surface area contributed by atoms with Crippen LogP contribution in [-0.4, -0.2) is 48.2 Å². The molecule has 4 heteroatoms. The second-order valence-electron chi connectivity index (χ2n) is 5.67. The molecule has 1 unspecified atom stereocenters. The molecule has 1 atom stereocenters. The van der Waals surface area contributed by atoms with E-state index >= 15 is 0 Å². The summed E-state index contributed by atoms with van der Waals surface area (Å²) in [5, 5.41) is 12.8. The molecule has 0 radical (unpaired) electrons. The Labute approximate surface area is 104 Å². The van der Waals surface area contributed by atoms with Crippen LogP contribution in [0.15, 0.2) is 0 Å². The van der Waals surface area contributed by atoms with E-state index in [0.29, 0.717) is 24.9 Å². The average molecular weight is 242 g/mol. The maximum absolute atomic E-state index is 11.6. The van der Waals surface area contributed by atoms with E-state index in [0.717, 1.165) is 19.4 Å². The van der Waals surface area contributed by atoms with Crippen LogP contribution in [-0.2, 0) is 4.79 Å². The van der Waals surface area contributed by atoms with Crippen molar-refractivity contribution in [3.63, 3.8) is 0 Å². The summed E-state index contributed by atoms with van der Waals surface area (Å²) in [6.07, 6.45) is 2.07. The minimum Gasteiger partial charge on any atom is -0.480 e. The molecule has 2 N–H and O–H groups in total. The molecule has 1 aliphatic rings. The van der Waals surface area contributed by atoms with Crippen molar-refractivity contribution in [2.45, 2.75) is 39.2 Å². The van der Waals surface area contributed by atoms with Gasteiger partial charge in [-0.25, -0.2) is 0 Å². The van der Waals surface area contributed by atoms with Crippen LogP contribution in [0.1, 0.15) is 33.6 Å². The number of carboxylic acid groups (broad SMARTS) is 1. The second-order valence-corrected chi connectivity index (χ2v) is 5.67. The highest BCUT2D eigenvalue weighted by Crippen LogP contribution is 2.40. The number of likely N-dealkylation sites (N-methyl/N-ethyl adjacent to an activating group) is 2. The Hall–Kier alpha value is -0.610. The molecule has 1 rings (SSSR count). The van der Waals surface area contributed by atoms with Gasteiger partial charge in [-0.1, -0.05) is 20.8 Å². The number of nitrogens with one attached hydrogen (secondary N) is 1. The third kappa shape index (κ3) is 3.68. The van der Waals surface area contributed by atoms with Crippen LogP contribution in [0.4, 0.5) is 0 Å². The number of hydrogen-bond acceptors (Lipinski definition) is 3. The number of hydrogen-bond donors (Lipinski definition) is 2.